The van der Waals surface area contributed by atoms with E-state index in [1.54, 1.807) is 22.7 Å². The highest BCUT2D eigenvalue weighted by Crippen LogP contribution is 2.36. The van der Waals surface area contributed by atoms with Gasteiger partial charge in [0.2, 0.25) is 5.91 Å². The van der Waals surface area contributed by atoms with E-state index in [0.29, 0.717) is 18.0 Å². The van der Waals surface area contributed by atoms with Gasteiger partial charge in [-0.25, -0.2) is 4.39 Å². The van der Waals surface area contributed by atoms with Gasteiger partial charge in [-0.15, -0.1) is 23.1 Å². The lowest BCUT2D eigenvalue weighted by molar-refractivity contribution is -0.127. The molecular formula is C20H21FN2O2S2. The summed E-state index contributed by atoms with van der Waals surface area (Å²) in [6.07, 6.45) is 2.38. The average molecular weight is 405 g/mol. The number of halogens is 1. The third kappa shape index (κ3) is 4.04. The quantitative estimate of drug-likeness (QED) is 0.838. The van der Waals surface area contributed by atoms with Gasteiger partial charge in [0, 0.05) is 23.7 Å². The van der Waals surface area contributed by atoms with E-state index in [1.807, 2.05) is 17.5 Å². The van der Waals surface area contributed by atoms with E-state index < -0.39 is 0 Å². The van der Waals surface area contributed by atoms with Crippen LogP contribution in [0.1, 0.15) is 40.5 Å². The summed E-state index contributed by atoms with van der Waals surface area (Å²) < 4.78 is 13.7. The number of benzene rings is 1. The fourth-order valence-electron chi connectivity index (χ4n) is 3.74. The maximum atomic E-state index is 13.7. The summed E-state index contributed by atoms with van der Waals surface area (Å²) in [4.78, 5) is 29.0. The zero-order chi connectivity index (χ0) is 18.8. The van der Waals surface area contributed by atoms with Crippen molar-refractivity contribution in [3.63, 3.8) is 0 Å². The number of piperidine rings is 1. The zero-order valence-electron chi connectivity index (χ0n) is 14.8. The smallest absolute Gasteiger partial charge is 0.263 e. The fourth-order valence-corrected chi connectivity index (χ4v) is 5.53. The molecule has 27 heavy (non-hydrogen) atoms. The molecule has 7 heteroatoms. The van der Waals surface area contributed by atoms with E-state index in [-0.39, 0.29) is 29.6 Å². The first-order valence-electron chi connectivity index (χ1n) is 9.17. The van der Waals surface area contributed by atoms with E-state index in [1.165, 1.54) is 23.5 Å². The number of rotatable bonds is 3. The Bertz CT molecular complexity index is 841. The van der Waals surface area contributed by atoms with Crippen molar-refractivity contribution in [2.45, 2.75) is 30.2 Å². The highest BCUT2D eigenvalue weighted by atomic mass is 32.2. The summed E-state index contributed by atoms with van der Waals surface area (Å²) in [6, 6.07) is 8.31. The number of amides is 2. The van der Waals surface area contributed by atoms with Crippen molar-refractivity contribution >= 4 is 34.9 Å². The van der Waals surface area contributed by atoms with Crippen LogP contribution in [0.2, 0.25) is 0 Å². The van der Waals surface area contributed by atoms with Crippen molar-refractivity contribution in [2.75, 3.05) is 18.8 Å². The standard InChI is InChI=1S/C20H21FN2O2S2/c21-14-5-6-17-15(11-14)16(7-10-27-17)22-19(24)13-3-1-8-23(12-13)20(25)18-4-2-9-26-18/h2,4-6,9,11,13,16H,1,3,7-8,10,12H2,(H,22,24)/t13-,16+/m0/s1. The monoisotopic (exact) mass is 404 g/mol. The van der Waals surface area contributed by atoms with E-state index in [4.69, 9.17) is 0 Å². The Morgan fingerprint density at radius 3 is 2.93 bits per heavy atom. The first kappa shape index (κ1) is 18.5. The van der Waals surface area contributed by atoms with Crippen LogP contribution in [0.4, 0.5) is 4.39 Å². The van der Waals surface area contributed by atoms with Crippen LogP contribution in [-0.2, 0) is 4.79 Å². The highest BCUT2D eigenvalue weighted by Gasteiger charge is 2.31. The Morgan fingerprint density at radius 1 is 1.22 bits per heavy atom. The van der Waals surface area contributed by atoms with Crippen molar-refractivity contribution in [3.8, 4) is 0 Å². The number of likely N-dealkylation sites (tertiary alicyclic amines) is 1. The number of nitrogens with zero attached hydrogens (tertiary/aromatic N) is 1. The zero-order valence-corrected chi connectivity index (χ0v) is 16.5. The summed E-state index contributed by atoms with van der Waals surface area (Å²) in [6.45, 7) is 1.13. The molecule has 1 fully saturated rings. The van der Waals surface area contributed by atoms with E-state index in [0.717, 1.165) is 35.5 Å². The molecule has 2 aliphatic heterocycles. The largest absolute Gasteiger partial charge is 0.349 e. The molecule has 0 spiro atoms. The molecule has 4 rings (SSSR count). The summed E-state index contributed by atoms with van der Waals surface area (Å²) in [5.41, 5.74) is 0.863. The molecule has 3 heterocycles. The van der Waals surface area contributed by atoms with Crippen molar-refractivity contribution in [1.82, 2.24) is 10.2 Å². The minimum absolute atomic E-state index is 0.00369. The van der Waals surface area contributed by atoms with E-state index in [9.17, 15) is 14.0 Å². The molecule has 142 valence electrons. The van der Waals surface area contributed by atoms with Crippen LogP contribution in [0.15, 0.2) is 40.6 Å². The van der Waals surface area contributed by atoms with Gasteiger partial charge in [0.15, 0.2) is 0 Å². The van der Waals surface area contributed by atoms with Gasteiger partial charge in [-0.1, -0.05) is 6.07 Å². The molecule has 0 aliphatic carbocycles. The molecule has 1 saturated heterocycles. The second-order valence-electron chi connectivity index (χ2n) is 6.95. The number of carbonyl (C=O) groups is 2. The number of thioether (sulfide) groups is 1. The van der Waals surface area contributed by atoms with Crippen LogP contribution >= 0.6 is 23.1 Å². The molecular weight excluding hydrogens is 383 g/mol. The van der Waals surface area contributed by atoms with Crippen LogP contribution in [0, 0.1) is 11.7 Å². The molecule has 1 N–H and O–H groups in total. The first-order valence-corrected chi connectivity index (χ1v) is 11.0. The number of hydrogen-bond donors (Lipinski definition) is 1. The van der Waals surface area contributed by atoms with Crippen LogP contribution in [0.3, 0.4) is 0 Å². The molecule has 0 unspecified atom stereocenters. The van der Waals surface area contributed by atoms with Crippen molar-refractivity contribution in [3.05, 3.63) is 52.0 Å². The van der Waals surface area contributed by atoms with Crippen molar-refractivity contribution in [1.29, 1.82) is 0 Å². The Kier molecular flexibility index (Phi) is 5.50. The lowest BCUT2D eigenvalue weighted by atomic mass is 9.95. The summed E-state index contributed by atoms with van der Waals surface area (Å²) >= 11 is 3.12. The second-order valence-corrected chi connectivity index (χ2v) is 9.03. The van der Waals surface area contributed by atoms with Gasteiger partial charge in [0.05, 0.1) is 16.8 Å². The summed E-state index contributed by atoms with van der Waals surface area (Å²) in [5, 5.41) is 5.00. The maximum absolute atomic E-state index is 13.7. The van der Waals surface area contributed by atoms with Crippen LogP contribution in [0.5, 0.6) is 0 Å². The molecule has 1 aromatic carbocycles. The van der Waals surface area contributed by atoms with Gasteiger partial charge in [-0.3, -0.25) is 9.59 Å². The third-order valence-electron chi connectivity index (χ3n) is 5.14. The Morgan fingerprint density at radius 2 is 2.11 bits per heavy atom. The molecule has 0 saturated carbocycles. The van der Waals surface area contributed by atoms with Crippen molar-refractivity contribution < 1.29 is 14.0 Å². The number of nitrogens with one attached hydrogen (secondary N) is 1. The minimum atomic E-state index is -0.277. The molecule has 1 aromatic heterocycles. The van der Waals surface area contributed by atoms with Crippen LogP contribution in [0.25, 0.3) is 0 Å². The molecule has 0 bridgehead atoms. The number of carbonyl (C=O) groups excluding carboxylic acids is 2. The predicted octanol–water partition coefficient (Wildman–Crippen LogP) is 4.09. The Hall–Kier alpha value is -1.86. The molecule has 2 amide bonds. The van der Waals surface area contributed by atoms with E-state index >= 15 is 0 Å². The summed E-state index contributed by atoms with van der Waals surface area (Å²) in [5.74, 6) is 0.377. The minimum Gasteiger partial charge on any atom is -0.349 e. The molecule has 2 atom stereocenters. The number of thiophene rings is 1. The maximum Gasteiger partial charge on any atom is 0.263 e. The SMILES string of the molecule is O=C(N[C@@H]1CCSc2ccc(F)cc21)[C@H]1CCCN(C(=O)c2cccs2)C1. The second kappa shape index (κ2) is 8.02. The Balaban J connectivity index is 1.43. The van der Waals surface area contributed by atoms with Crippen LogP contribution < -0.4 is 5.32 Å². The Labute approximate surface area is 166 Å². The normalized spacial score (nSPS) is 22.2. The molecule has 2 aromatic rings. The third-order valence-corrected chi connectivity index (χ3v) is 7.12. The molecule has 4 nitrogen and oxygen atoms in total. The van der Waals surface area contributed by atoms with Crippen molar-refractivity contribution in [2.24, 2.45) is 5.92 Å². The predicted molar refractivity (Wildman–Crippen MR) is 106 cm³/mol. The molecule has 0 radical (unpaired) electrons. The lowest BCUT2D eigenvalue weighted by Crippen LogP contribution is -2.46. The van der Waals surface area contributed by atoms with E-state index in [2.05, 4.69) is 5.32 Å². The van der Waals surface area contributed by atoms with Crippen LogP contribution in [-0.4, -0.2) is 35.6 Å². The highest BCUT2D eigenvalue weighted by molar-refractivity contribution is 7.99. The number of fused-ring (bicyclic) bond motifs is 1. The van der Waals surface area contributed by atoms with Gasteiger partial charge >= 0.3 is 0 Å². The molecule has 2 aliphatic rings. The lowest BCUT2D eigenvalue weighted by Gasteiger charge is -2.33. The van der Waals surface area contributed by atoms with Gasteiger partial charge < -0.3 is 10.2 Å². The number of hydrogen-bond acceptors (Lipinski definition) is 4. The first-order chi connectivity index (χ1) is 13.1. The average Bonchev–Trinajstić information content (AvgIpc) is 3.23. The van der Waals surface area contributed by atoms with Gasteiger partial charge in [0.25, 0.3) is 5.91 Å². The summed E-state index contributed by atoms with van der Waals surface area (Å²) in [7, 11) is 0. The van der Waals surface area contributed by atoms with Gasteiger partial charge in [0.1, 0.15) is 5.82 Å². The van der Waals surface area contributed by atoms with Gasteiger partial charge in [-0.2, -0.15) is 0 Å². The van der Waals surface area contributed by atoms with Gasteiger partial charge in [-0.05, 0) is 54.5 Å². The fraction of sp³-hybridized carbons (Fsp3) is 0.400. The topological polar surface area (TPSA) is 49.4 Å².